The van der Waals surface area contributed by atoms with Crippen molar-refractivity contribution in [3.05, 3.63) is 52.6 Å². The number of aryl methyl sites for hydroxylation is 3. The molecule has 0 radical (unpaired) electrons. The Bertz CT molecular complexity index is 1200. The maximum absolute atomic E-state index is 5.27. The summed E-state index contributed by atoms with van der Waals surface area (Å²) in [5.41, 5.74) is 12.5. The minimum Gasteiger partial charge on any atom is -0.282 e. The number of benzene rings is 1. The maximum Gasteiger partial charge on any atom is 0.0740 e. The molecule has 5 rings (SSSR count). The lowest BCUT2D eigenvalue weighted by molar-refractivity contribution is 0.682. The molecule has 1 aromatic carbocycles. The van der Waals surface area contributed by atoms with E-state index in [0.717, 1.165) is 53.7 Å². The molecule has 1 aliphatic carbocycles. The summed E-state index contributed by atoms with van der Waals surface area (Å²) in [6.45, 7) is 6.53. The minimum absolute atomic E-state index is 0.914. The predicted octanol–water partition coefficient (Wildman–Crippen LogP) is 5.33. The smallest absolute Gasteiger partial charge is 0.0740 e. The second-order valence-electron chi connectivity index (χ2n) is 8.00. The number of hydrogen-bond acceptors (Lipinski definition) is 3. The average Bonchev–Trinajstić information content (AvgIpc) is 3.38. The normalized spacial score (nSPS) is 13.8. The highest BCUT2D eigenvalue weighted by Gasteiger charge is 2.26. The lowest BCUT2D eigenvalue weighted by Crippen LogP contribution is -2.12. The summed E-state index contributed by atoms with van der Waals surface area (Å²) in [5, 5.41) is 16.2. The monoisotopic (exact) mass is 385 g/mol. The molecule has 0 amide bonds. The highest BCUT2D eigenvalue weighted by Crippen LogP contribution is 2.41. The van der Waals surface area contributed by atoms with Gasteiger partial charge >= 0.3 is 0 Å². The number of nitrogens with one attached hydrogen (secondary N) is 2. The molecule has 29 heavy (non-hydrogen) atoms. The zero-order valence-corrected chi connectivity index (χ0v) is 17.4. The van der Waals surface area contributed by atoms with Gasteiger partial charge in [0.2, 0.25) is 0 Å². The molecule has 0 aliphatic heterocycles. The van der Waals surface area contributed by atoms with Crippen molar-refractivity contribution in [2.75, 3.05) is 0 Å². The van der Waals surface area contributed by atoms with Crippen LogP contribution in [0, 0.1) is 6.92 Å². The fourth-order valence-electron chi connectivity index (χ4n) is 4.82. The SMILES string of the molecule is CCc1n[nH]c(C)c1-c1c(CC)nc(-c2ccc3[nH]ncc3c2)c2c1CCCC2. The molecule has 0 spiro atoms. The summed E-state index contributed by atoms with van der Waals surface area (Å²) in [6, 6.07) is 6.51. The summed E-state index contributed by atoms with van der Waals surface area (Å²) in [6.07, 6.45) is 8.42. The van der Waals surface area contributed by atoms with Crippen LogP contribution >= 0.6 is 0 Å². The molecule has 0 atom stereocenters. The third-order valence-corrected chi connectivity index (χ3v) is 6.25. The molecule has 148 valence electrons. The highest BCUT2D eigenvalue weighted by atomic mass is 15.1. The summed E-state index contributed by atoms with van der Waals surface area (Å²) in [4.78, 5) is 5.27. The molecule has 1 aliphatic rings. The van der Waals surface area contributed by atoms with Crippen LogP contribution in [0.15, 0.2) is 24.4 Å². The molecular formula is C24H27N5. The topological polar surface area (TPSA) is 70.2 Å². The van der Waals surface area contributed by atoms with Crippen molar-refractivity contribution >= 4 is 10.9 Å². The number of aromatic amines is 2. The third-order valence-electron chi connectivity index (χ3n) is 6.25. The van der Waals surface area contributed by atoms with Gasteiger partial charge in [-0.2, -0.15) is 10.2 Å². The molecule has 0 unspecified atom stereocenters. The van der Waals surface area contributed by atoms with Crippen molar-refractivity contribution in [2.45, 2.75) is 59.3 Å². The standard InChI is InChI=1S/C24H27N5/c1-4-19-23(22-14(3)27-29-20(22)5-2)17-8-6-7-9-18(17)24(26-19)15-10-11-21-16(12-15)13-25-28-21/h10-13H,4-9H2,1-3H3,(H,25,28)(H,27,29). The molecule has 5 heteroatoms. The average molecular weight is 386 g/mol. The fourth-order valence-corrected chi connectivity index (χ4v) is 4.82. The van der Waals surface area contributed by atoms with Crippen LogP contribution in [-0.4, -0.2) is 25.4 Å². The number of nitrogens with zero attached hydrogens (tertiary/aromatic N) is 3. The van der Waals surface area contributed by atoms with Gasteiger partial charge in [0.25, 0.3) is 0 Å². The Hall–Kier alpha value is -2.95. The van der Waals surface area contributed by atoms with Crippen LogP contribution in [0.1, 0.15) is 54.9 Å². The van der Waals surface area contributed by atoms with Gasteiger partial charge in [-0.05, 0) is 68.7 Å². The highest BCUT2D eigenvalue weighted by molar-refractivity contribution is 5.86. The van der Waals surface area contributed by atoms with Gasteiger partial charge in [0.1, 0.15) is 0 Å². The molecule has 0 bridgehead atoms. The Labute approximate surface area is 171 Å². The number of aromatic nitrogens is 5. The van der Waals surface area contributed by atoms with E-state index in [-0.39, 0.29) is 0 Å². The van der Waals surface area contributed by atoms with Crippen molar-refractivity contribution in [3.63, 3.8) is 0 Å². The van der Waals surface area contributed by atoms with Crippen molar-refractivity contribution < 1.29 is 0 Å². The predicted molar refractivity (Wildman–Crippen MR) is 117 cm³/mol. The Morgan fingerprint density at radius 1 is 0.931 bits per heavy atom. The second kappa shape index (κ2) is 7.14. The Kier molecular flexibility index (Phi) is 4.46. The molecule has 0 saturated heterocycles. The van der Waals surface area contributed by atoms with E-state index in [1.54, 1.807) is 0 Å². The van der Waals surface area contributed by atoms with E-state index in [2.05, 4.69) is 59.4 Å². The van der Waals surface area contributed by atoms with Gasteiger partial charge in [-0.3, -0.25) is 15.2 Å². The zero-order chi connectivity index (χ0) is 20.0. The van der Waals surface area contributed by atoms with Crippen LogP contribution in [0.4, 0.5) is 0 Å². The van der Waals surface area contributed by atoms with Gasteiger partial charge in [-0.1, -0.05) is 19.9 Å². The van der Waals surface area contributed by atoms with E-state index in [0.29, 0.717) is 0 Å². The first-order valence-corrected chi connectivity index (χ1v) is 10.7. The first-order valence-electron chi connectivity index (χ1n) is 10.7. The van der Waals surface area contributed by atoms with Gasteiger partial charge in [-0.15, -0.1) is 0 Å². The van der Waals surface area contributed by atoms with Crippen LogP contribution in [0.3, 0.4) is 0 Å². The van der Waals surface area contributed by atoms with E-state index in [9.17, 15) is 0 Å². The molecule has 4 aromatic rings. The van der Waals surface area contributed by atoms with Crippen molar-refractivity contribution in [3.8, 4) is 22.4 Å². The molecule has 0 saturated carbocycles. The van der Waals surface area contributed by atoms with Gasteiger partial charge in [-0.25, -0.2) is 0 Å². The van der Waals surface area contributed by atoms with Crippen molar-refractivity contribution in [1.29, 1.82) is 0 Å². The summed E-state index contributed by atoms with van der Waals surface area (Å²) < 4.78 is 0. The molecule has 2 N–H and O–H groups in total. The summed E-state index contributed by atoms with van der Waals surface area (Å²) in [7, 11) is 0. The van der Waals surface area contributed by atoms with E-state index in [1.807, 2.05) is 6.20 Å². The largest absolute Gasteiger partial charge is 0.282 e. The van der Waals surface area contributed by atoms with E-state index >= 15 is 0 Å². The summed E-state index contributed by atoms with van der Waals surface area (Å²) in [5.74, 6) is 0. The molecule has 3 heterocycles. The van der Waals surface area contributed by atoms with Gasteiger partial charge < -0.3 is 0 Å². The van der Waals surface area contributed by atoms with E-state index in [4.69, 9.17) is 4.98 Å². The van der Waals surface area contributed by atoms with Crippen LogP contribution in [0.25, 0.3) is 33.3 Å². The van der Waals surface area contributed by atoms with Crippen LogP contribution in [-0.2, 0) is 25.7 Å². The van der Waals surface area contributed by atoms with Crippen molar-refractivity contribution in [2.24, 2.45) is 0 Å². The first-order chi connectivity index (χ1) is 14.2. The van der Waals surface area contributed by atoms with Crippen molar-refractivity contribution in [1.82, 2.24) is 25.4 Å². The Morgan fingerprint density at radius 2 is 1.72 bits per heavy atom. The molecule has 0 fully saturated rings. The fraction of sp³-hybridized carbons (Fsp3) is 0.375. The lowest BCUT2D eigenvalue weighted by atomic mass is 9.82. The minimum atomic E-state index is 0.914. The lowest BCUT2D eigenvalue weighted by Gasteiger charge is -2.25. The third kappa shape index (κ3) is 2.87. The van der Waals surface area contributed by atoms with Crippen LogP contribution < -0.4 is 0 Å². The van der Waals surface area contributed by atoms with E-state index in [1.165, 1.54) is 46.4 Å². The van der Waals surface area contributed by atoms with Gasteiger partial charge in [0, 0.05) is 33.5 Å². The summed E-state index contributed by atoms with van der Waals surface area (Å²) >= 11 is 0. The molecule has 3 aromatic heterocycles. The van der Waals surface area contributed by atoms with Gasteiger partial charge in [0.05, 0.1) is 23.1 Å². The second-order valence-corrected chi connectivity index (χ2v) is 8.00. The molecule has 5 nitrogen and oxygen atoms in total. The van der Waals surface area contributed by atoms with Crippen LogP contribution in [0.2, 0.25) is 0 Å². The van der Waals surface area contributed by atoms with Gasteiger partial charge in [0.15, 0.2) is 0 Å². The quantitative estimate of drug-likeness (QED) is 0.499. The maximum atomic E-state index is 5.27. The molecular weight excluding hydrogens is 358 g/mol. The first kappa shape index (κ1) is 18.1. The zero-order valence-electron chi connectivity index (χ0n) is 17.4. The number of hydrogen-bond donors (Lipinski definition) is 2. The Balaban J connectivity index is 1.79. The number of fused-ring (bicyclic) bond motifs is 2. The Morgan fingerprint density at radius 3 is 2.52 bits per heavy atom. The number of rotatable bonds is 4. The number of pyridine rings is 1. The number of H-pyrrole nitrogens is 2. The van der Waals surface area contributed by atoms with E-state index < -0.39 is 0 Å². The van der Waals surface area contributed by atoms with Crippen LogP contribution in [0.5, 0.6) is 0 Å².